The standard InChI is InChI=1S/C11H21N3O/c1-11(12,8-3-4-8)10(15)13-9-5-6-14(2)7-9/h8-9H,3-7,12H2,1-2H3,(H,13,15). The van der Waals surface area contributed by atoms with Gasteiger partial charge in [-0.15, -0.1) is 0 Å². The van der Waals surface area contributed by atoms with Crippen molar-refractivity contribution in [1.82, 2.24) is 10.2 Å². The van der Waals surface area contributed by atoms with Gasteiger partial charge < -0.3 is 16.0 Å². The maximum absolute atomic E-state index is 12.0. The van der Waals surface area contributed by atoms with E-state index in [-0.39, 0.29) is 5.91 Å². The van der Waals surface area contributed by atoms with Crippen LogP contribution in [0.4, 0.5) is 0 Å². The summed E-state index contributed by atoms with van der Waals surface area (Å²) < 4.78 is 0. The van der Waals surface area contributed by atoms with E-state index >= 15 is 0 Å². The number of likely N-dealkylation sites (tertiary alicyclic amines) is 1. The zero-order chi connectivity index (χ0) is 11.1. The first-order valence-corrected chi connectivity index (χ1v) is 5.78. The number of hydrogen-bond donors (Lipinski definition) is 2. The number of nitrogens with one attached hydrogen (secondary N) is 1. The maximum atomic E-state index is 12.0. The Morgan fingerprint density at radius 2 is 2.13 bits per heavy atom. The molecule has 0 radical (unpaired) electrons. The number of carbonyl (C=O) groups excluding carboxylic acids is 1. The second-order valence-electron chi connectivity index (χ2n) is 5.28. The molecule has 15 heavy (non-hydrogen) atoms. The van der Waals surface area contributed by atoms with E-state index in [1.807, 2.05) is 6.92 Å². The van der Waals surface area contributed by atoms with Gasteiger partial charge in [0.1, 0.15) is 0 Å². The molecule has 1 aliphatic heterocycles. The summed E-state index contributed by atoms with van der Waals surface area (Å²) >= 11 is 0. The van der Waals surface area contributed by atoms with Gasteiger partial charge in [-0.05, 0) is 45.7 Å². The van der Waals surface area contributed by atoms with Crippen molar-refractivity contribution >= 4 is 5.91 Å². The monoisotopic (exact) mass is 211 g/mol. The molecular weight excluding hydrogens is 190 g/mol. The molecule has 1 amide bonds. The third-order valence-corrected chi connectivity index (χ3v) is 3.64. The van der Waals surface area contributed by atoms with Gasteiger partial charge in [0.05, 0.1) is 5.54 Å². The molecule has 1 saturated heterocycles. The zero-order valence-corrected chi connectivity index (χ0v) is 9.62. The highest BCUT2D eigenvalue weighted by Gasteiger charge is 2.44. The number of amides is 1. The fourth-order valence-electron chi connectivity index (χ4n) is 2.26. The molecular formula is C11H21N3O. The Kier molecular flexibility index (Phi) is 2.73. The predicted octanol–water partition coefficient (Wildman–Crippen LogP) is -0.0659. The molecule has 0 spiro atoms. The minimum Gasteiger partial charge on any atom is -0.350 e. The number of carbonyl (C=O) groups is 1. The van der Waals surface area contributed by atoms with Crippen molar-refractivity contribution in [2.45, 2.75) is 37.8 Å². The average Bonchev–Trinajstić information content (AvgIpc) is 2.92. The summed E-state index contributed by atoms with van der Waals surface area (Å²) in [7, 11) is 2.08. The van der Waals surface area contributed by atoms with Gasteiger partial charge in [-0.25, -0.2) is 0 Å². The van der Waals surface area contributed by atoms with Gasteiger partial charge in [-0.2, -0.15) is 0 Å². The van der Waals surface area contributed by atoms with E-state index in [0.717, 1.165) is 32.4 Å². The summed E-state index contributed by atoms with van der Waals surface area (Å²) in [6, 6.07) is 0.295. The molecule has 2 fully saturated rings. The lowest BCUT2D eigenvalue weighted by molar-refractivity contribution is -0.127. The predicted molar refractivity (Wildman–Crippen MR) is 59.4 cm³/mol. The fourth-order valence-corrected chi connectivity index (χ4v) is 2.26. The summed E-state index contributed by atoms with van der Waals surface area (Å²) in [5.41, 5.74) is 5.40. The molecule has 1 saturated carbocycles. The zero-order valence-electron chi connectivity index (χ0n) is 9.62. The SMILES string of the molecule is CN1CCC(NC(=O)C(C)(N)C2CC2)C1. The first-order chi connectivity index (χ1) is 7.00. The summed E-state index contributed by atoms with van der Waals surface area (Å²) in [5, 5.41) is 3.07. The third kappa shape index (κ3) is 2.32. The van der Waals surface area contributed by atoms with Crippen LogP contribution in [0.2, 0.25) is 0 Å². The van der Waals surface area contributed by atoms with Crippen molar-refractivity contribution in [2.75, 3.05) is 20.1 Å². The van der Waals surface area contributed by atoms with Crippen LogP contribution in [0.25, 0.3) is 0 Å². The topological polar surface area (TPSA) is 58.4 Å². The minimum absolute atomic E-state index is 0.0327. The molecule has 0 aromatic carbocycles. The van der Waals surface area contributed by atoms with Crippen LogP contribution < -0.4 is 11.1 Å². The van der Waals surface area contributed by atoms with Gasteiger partial charge in [-0.1, -0.05) is 0 Å². The van der Waals surface area contributed by atoms with Crippen molar-refractivity contribution in [2.24, 2.45) is 11.7 Å². The molecule has 2 atom stereocenters. The van der Waals surface area contributed by atoms with Crippen LogP contribution in [0.3, 0.4) is 0 Å². The van der Waals surface area contributed by atoms with Crippen molar-refractivity contribution in [3.05, 3.63) is 0 Å². The van der Waals surface area contributed by atoms with Crippen molar-refractivity contribution in [1.29, 1.82) is 0 Å². The Morgan fingerprint density at radius 3 is 2.60 bits per heavy atom. The molecule has 2 aliphatic rings. The molecule has 1 heterocycles. The Labute approximate surface area is 91.2 Å². The van der Waals surface area contributed by atoms with Gasteiger partial charge >= 0.3 is 0 Å². The Balaban J connectivity index is 1.86. The third-order valence-electron chi connectivity index (χ3n) is 3.64. The van der Waals surface area contributed by atoms with Gasteiger partial charge in [-0.3, -0.25) is 4.79 Å². The van der Waals surface area contributed by atoms with Crippen molar-refractivity contribution < 1.29 is 4.79 Å². The average molecular weight is 211 g/mol. The van der Waals surface area contributed by atoms with Crippen LogP contribution in [-0.2, 0) is 4.79 Å². The van der Waals surface area contributed by atoms with E-state index in [1.165, 1.54) is 0 Å². The van der Waals surface area contributed by atoms with Gasteiger partial charge in [0.2, 0.25) is 5.91 Å². The number of hydrogen-bond acceptors (Lipinski definition) is 3. The molecule has 0 aromatic heterocycles. The first-order valence-electron chi connectivity index (χ1n) is 5.78. The Morgan fingerprint density at radius 1 is 1.47 bits per heavy atom. The van der Waals surface area contributed by atoms with E-state index in [2.05, 4.69) is 17.3 Å². The highest BCUT2D eigenvalue weighted by atomic mass is 16.2. The second kappa shape index (κ2) is 3.76. The van der Waals surface area contributed by atoms with Crippen LogP contribution in [-0.4, -0.2) is 42.5 Å². The highest BCUT2D eigenvalue weighted by Crippen LogP contribution is 2.38. The van der Waals surface area contributed by atoms with Crippen molar-refractivity contribution in [3.63, 3.8) is 0 Å². The molecule has 4 nitrogen and oxygen atoms in total. The molecule has 86 valence electrons. The van der Waals surface area contributed by atoms with E-state index in [4.69, 9.17) is 5.73 Å². The van der Waals surface area contributed by atoms with Crippen molar-refractivity contribution in [3.8, 4) is 0 Å². The summed E-state index contributed by atoms with van der Waals surface area (Å²) in [6.45, 7) is 3.88. The molecule has 0 bridgehead atoms. The van der Waals surface area contributed by atoms with Gasteiger partial charge in [0.15, 0.2) is 0 Å². The van der Waals surface area contributed by atoms with Crippen LogP contribution in [0.5, 0.6) is 0 Å². The summed E-state index contributed by atoms with van der Waals surface area (Å²) in [5.74, 6) is 0.432. The normalized spacial score (nSPS) is 31.3. The quantitative estimate of drug-likeness (QED) is 0.687. The van der Waals surface area contributed by atoms with Gasteiger partial charge in [0.25, 0.3) is 0 Å². The fraction of sp³-hybridized carbons (Fsp3) is 0.909. The number of likely N-dealkylation sites (N-methyl/N-ethyl adjacent to an activating group) is 1. The van der Waals surface area contributed by atoms with E-state index in [0.29, 0.717) is 12.0 Å². The highest BCUT2D eigenvalue weighted by molar-refractivity contribution is 5.86. The lowest BCUT2D eigenvalue weighted by Crippen LogP contribution is -2.56. The van der Waals surface area contributed by atoms with Crippen LogP contribution >= 0.6 is 0 Å². The summed E-state index contributed by atoms with van der Waals surface area (Å²) in [6.07, 6.45) is 3.25. The number of nitrogens with two attached hydrogens (primary N) is 1. The Bertz CT molecular complexity index is 261. The maximum Gasteiger partial charge on any atom is 0.240 e. The molecule has 4 heteroatoms. The van der Waals surface area contributed by atoms with Crippen LogP contribution in [0.15, 0.2) is 0 Å². The lowest BCUT2D eigenvalue weighted by Gasteiger charge is -2.25. The molecule has 0 aromatic rings. The van der Waals surface area contributed by atoms with Crippen LogP contribution in [0.1, 0.15) is 26.2 Å². The molecule has 2 rings (SSSR count). The minimum atomic E-state index is -0.652. The molecule has 3 N–H and O–H groups in total. The Hall–Kier alpha value is -0.610. The molecule has 2 unspecified atom stereocenters. The van der Waals surface area contributed by atoms with E-state index in [9.17, 15) is 4.79 Å². The first kappa shape index (κ1) is 10.9. The number of rotatable bonds is 3. The second-order valence-corrected chi connectivity index (χ2v) is 5.28. The molecule has 1 aliphatic carbocycles. The number of nitrogens with zero attached hydrogens (tertiary/aromatic N) is 1. The van der Waals surface area contributed by atoms with Gasteiger partial charge in [0, 0.05) is 12.6 Å². The van der Waals surface area contributed by atoms with Crippen LogP contribution in [0, 0.1) is 5.92 Å². The summed E-state index contributed by atoms with van der Waals surface area (Å²) in [4.78, 5) is 14.2. The lowest BCUT2D eigenvalue weighted by atomic mass is 9.96. The smallest absolute Gasteiger partial charge is 0.240 e. The van der Waals surface area contributed by atoms with E-state index in [1.54, 1.807) is 0 Å². The largest absolute Gasteiger partial charge is 0.350 e. The van der Waals surface area contributed by atoms with E-state index < -0.39 is 5.54 Å².